The molecule has 1 saturated heterocycles. The van der Waals surface area contributed by atoms with Crippen molar-refractivity contribution in [2.45, 2.75) is 39.2 Å². The van der Waals surface area contributed by atoms with Crippen LogP contribution in [-0.4, -0.2) is 35.9 Å². The number of anilines is 1. The number of piperidine rings is 1. The van der Waals surface area contributed by atoms with E-state index in [1.54, 1.807) is 11.3 Å². The summed E-state index contributed by atoms with van der Waals surface area (Å²) in [6.07, 6.45) is 3.31. The summed E-state index contributed by atoms with van der Waals surface area (Å²) < 4.78 is 0. The van der Waals surface area contributed by atoms with Crippen LogP contribution in [0.3, 0.4) is 0 Å². The third-order valence-electron chi connectivity index (χ3n) is 4.36. The molecular weight excluding hydrogens is 328 g/mol. The van der Waals surface area contributed by atoms with Crippen molar-refractivity contribution in [3.8, 4) is 0 Å². The van der Waals surface area contributed by atoms with Gasteiger partial charge in [0.15, 0.2) is 0 Å². The summed E-state index contributed by atoms with van der Waals surface area (Å²) in [4.78, 5) is 2.43. The van der Waals surface area contributed by atoms with Gasteiger partial charge in [0.25, 0.3) is 0 Å². The molecule has 0 spiro atoms. The Morgan fingerprint density at radius 2 is 2.04 bits per heavy atom. The van der Waals surface area contributed by atoms with Gasteiger partial charge in [0.1, 0.15) is 10.0 Å². The molecule has 2 heterocycles. The Hall–Kier alpha value is -1.17. The zero-order chi connectivity index (χ0) is 16.2. The topological polar surface area (TPSA) is 41.1 Å². The molecule has 3 rings (SSSR count). The van der Waals surface area contributed by atoms with Crippen LogP contribution in [0.4, 0.5) is 5.69 Å². The van der Waals surface area contributed by atoms with E-state index < -0.39 is 0 Å². The molecule has 1 N–H and O–H groups in total. The van der Waals surface area contributed by atoms with E-state index in [0.29, 0.717) is 6.04 Å². The summed E-state index contributed by atoms with van der Waals surface area (Å²) in [6.45, 7) is 7.18. The van der Waals surface area contributed by atoms with Gasteiger partial charge in [-0.1, -0.05) is 17.7 Å². The van der Waals surface area contributed by atoms with Crippen molar-refractivity contribution in [2.75, 3.05) is 24.5 Å². The lowest BCUT2D eigenvalue weighted by molar-refractivity contribution is 0.417. The van der Waals surface area contributed by atoms with Gasteiger partial charge in [-0.2, -0.15) is 0 Å². The van der Waals surface area contributed by atoms with Crippen LogP contribution < -0.4 is 10.2 Å². The van der Waals surface area contributed by atoms with Crippen LogP contribution in [0.5, 0.6) is 0 Å². The van der Waals surface area contributed by atoms with Gasteiger partial charge in [0, 0.05) is 42.8 Å². The average molecular weight is 351 g/mol. The van der Waals surface area contributed by atoms with Gasteiger partial charge >= 0.3 is 0 Å². The minimum absolute atomic E-state index is 0.598. The van der Waals surface area contributed by atoms with Crippen molar-refractivity contribution >= 4 is 28.6 Å². The first-order valence-corrected chi connectivity index (χ1v) is 9.35. The molecule has 0 atom stereocenters. The molecule has 4 nitrogen and oxygen atoms in total. The highest BCUT2D eigenvalue weighted by atomic mass is 35.5. The monoisotopic (exact) mass is 350 g/mol. The molecule has 6 heteroatoms. The number of rotatable bonds is 5. The molecule has 124 valence electrons. The van der Waals surface area contributed by atoms with E-state index >= 15 is 0 Å². The van der Waals surface area contributed by atoms with Crippen molar-refractivity contribution in [1.82, 2.24) is 15.5 Å². The van der Waals surface area contributed by atoms with E-state index in [2.05, 4.69) is 38.6 Å². The van der Waals surface area contributed by atoms with E-state index in [1.165, 1.54) is 18.5 Å². The van der Waals surface area contributed by atoms with Gasteiger partial charge in [-0.25, -0.2) is 0 Å². The molecule has 0 bridgehead atoms. The van der Waals surface area contributed by atoms with E-state index in [4.69, 9.17) is 11.6 Å². The molecule has 0 saturated carbocycles. The van der Waals surface area contributed by atoms with E-state index in [1.807, 2.05) is 13.8 Å². The normalized spacial score (nSPS) is 16.0. The molecule has 1 aromatic heterocycles. The first-order chi connectivity index (χ1) is 11.1. The summed E-state index contributed by atoms with van der Waals surface area (Å²) in [5.41, 5.74) is 2.38. The second-order valence-electron chi connectivity index (χ2n) is 6.11. The van der Waals surface area contributed by atoms with Gasteiger partial charge in [-0.05, 0) is 44.4 Å². The minimum Gasteiger partial charge on any atom is -0.371 e. The molecule has 23 heavy (non-hydrogen) atoms. The molecule has 0 unspecified atom stereocenters. The number of benzene rings is 1. The maximum absolute atomic E-state index is 6.24. The Morgan fingerprint density at radius 3 is 2.70 bits per heavy atom. The fourth-order valence-corrected chi connectivity index (χ4v) is 3.83. The summed E-state index contributed by atoms with van der Waals surface area (Å²) in [5, 5.41) is 14.9. The zero-order valence-electron chi connectivity index (χ0n) is 13.7. The van der Waals surface area contributed by atoms with Crippen molar-refractivity contribution in [3.05, 3.63) is 38.8 Å². The molecule has 0 radical (unpaired) electrons. The number of aryl methyl sites for hydroxylation is 2. The van der Waals surface area contributed by atoms with E-state index in [9.17, 15) is 0 Å². The first kappa shape index (κ1) is 16.7. The maximum Gasteiger partial charge on any atom is 0.118 e. The Labute approximate surface area is 146 Å². The number of halogens is 1. The molecular formula is C17H23ClN4S. The largest absolute Gasteiger partial charge is 0.371 e. The summed E-state index contributed by atoms with van der Waals surface area (Å²) in [7, 11) is 0. The highest BCUT2D eigenvalue weighted by Crippen LogP contribution is 2.25. The molecule has 2 aromatic rings. The fraction of sp³-hybridized carbons (Fsp3) is 0.529. The SMILES string of the molecule is Cc1nnc(CCNC2CCN(c3ccc(C)c(Cl)c3)CC2)s1. The van der Waals surface area contributed by atoms with Crippen LogP contribution in [0.25, 0.3) is 0 Å². The van der Waals surface area contributed by atoms with Gasteiger partial charge in [0.05, 0.1) is 0 Å². The quantitative estimate of drug-likeness (QED) is 0.894. The number of aromatic nitrogens is 2. The van der Waals surface area contributed by atoms with Crippen LogP contribution in [0.2, 0.25) is 5.02 Å². The average Bonchev–Trinajstić information content (AvgIpc) is 2.96. The lowest BCUT2D eigenvalue weighted by atomic mass is 10.0. The maximum atomic E-state index is 6.24. The molecule has 1 fully saturated rings. The van der Waals surface area contributed by atoms with Crippen molar-refractivity contribution in [1.29, 1.82) is 0 Å². The van der Waals surface area contributed by atoms with E-state index in [-0.39, 0.29) is 0 Å². The van der Waals surface area contributed by atoms with Crippen molar-refractivity contribution < 1.29 is 0 Å². The predicted octanol–water partition coefficient (Wildman–Crippen LogP) is 3.61. The van der Waals surface area contributed by atoms with Gasteiger partial charge in [0.2, 0.25) is 0 Å². The zero-order valence-corrected chi connectivity index (χ0v) is 15.3. The third kappa shape index (κ3) is 4.43. The second kappa shape index (κ2) is 7.60. The van der Waals surface area contributed by atoms with Crippen LogP contribution in [-0.2, 0) is 6.42 Å². The Kier molecular flexibility index (Phi) is 5.51. The van der Waals surface area contributed by atoms with Crippen molar-refractivity contribution in [3.63, 3.8) is 0 Å². The molecule has 1 aromatic carbocycles. The van der Waals surface area contributed by atoms with Crippen LogP contribution in [0.1, 0.15) is 28.4 Å². The molecule has 1 aliphatic heterocycles. The lowest BCUT2D eigenvalue weighted by Crippen LogP contribution is -2.43. The predicted molar refractivity (Wildman–Crippen MR) is 97.8 cm³/mol. The van der Waals surface area contributed by atoms with E-state index in [0.717, 1.165) is 46.7 Å². The minimum atomic E-state index is 0.598. The number of nitrogens with one attached hydrogen (secondary N) is 1. The Bertz CT molecular complexity index is 650. The number of hydrogen-bond acceptors (Lipinski definition) is 5. The van der Waals surface area contributed by atoms with Crippen LogP contribution >= 0.6 is 22.9 Å². The summed E-state index contributed by atoms with van der Waals surface area (Å²) in [5.74, 6) is 0. The number of hydrogen-bond donors (Lipinski definition) is 1. The standard InChI is InChI=1S/C17H23ClN4S/c1-12-3-4-15(11-16(12)18)22-9-6-14(7-10-22)19-8-5-17-21-20-13(2)23-17/h3-4,11,14,19H,5-10H2,1-2H3. The first-order valence-electron chi connectivity index (χ1n) is 8.15. The molecule has 0 amide bonds. The summed E-state index contributed by atoms with van der Waals surface area (Å²) in [6, 6.07) is 6.96. The Balaban J connectivity index is 1.43. The highest BCUT2D eigenvalue weighted by molar-refractivity contribution is 7.11. The molecule has 0 aliphatic carbocycles. The summed E-state index contributed by atoms with van der Waals surface area (Å²) >= 11 is 7.93. The van der Waals surface area contributed by atoms with Gasteiger partial charge in [-0.15, -0.1) is 21.5 Å². The van der Waals surface area contributed by atoms with Gasteiger partial charge < -0.3 is 10.2 Å². The van der Waals surface area contributed by atoms with Crippen molar-refractivity contribution in [2.24, 2.45) is 0 Å². The van der Waals surface area contributed by atoms with Gasteiger partial charge in [-0.3, -0.25) is 0 Å². The number of nitrogens with zero attached hydrogens (tertiary/aromatic N) is 3. The Morgan fingerprint density at radius 1 is 1.26 bits per heavy atom. The molecule has 1 aliphatic rings. The van der Waals surface area contributed by atoms with Crippen LogP contribution in [0, 0.1) is 13.8 Å². The van der Waals surface area contributed by atoms with Crippen LogP contribution in [0.15, 0.2) is 18.2 Å². The second-order valence-corrected chi connectivity index (χ2v) is 7.79. The smallest absolute Gasteiger partial charge is 0.118 e. The third-order valence-corrected chi connectivity index (χ3v) is 5.66. The lowest BCUT2D eigenvalue weighted by Gasteiger charge is -2.34. The fourth-order valence-electron chi connectivity index (χ4n) is 2.94. The highest BCUT2D eigenvalue weighted by Gasteiger charge is 2.19.